The fourth-order valence-electron chi connectivity index (χ4n) is 4.45. The average molecular weight is 422 g/mol. The van der Waals surface area contributed by atoms with Crippen molar-refractivity contribution < 1.29 is 0 Å². The SMILES string of the molecule is CC(C)C1=Cc2c(ccc(-c3ccccc3)c2-c2cc(C(C)(C)C)cc(C(C)(C)C)c2)[CH]1. The third-order valence-corrected chi connectivity index (χ3v) is 6.62. The molecule has 0 heteroatoms. The van der Waals surface area contributed by atoms with Crippen molar-refractivity contribution in [1.29, 1.82) is 0 Å². The molecule has 1 aliphatic carbocycles. The van der Waals surface area contributed by atoms with Crippen molar-refractivity contribution in [2.75, 3.05) is 0 Å². The highest BCUT2D eigenvalue weighted by Gasteiger charge is 2.25. The molecule has 0 aromatic heterocycles. The lowest BCUT2D eigenvalue weighted by Crippen LogP contribution is -2.16. The van der Waals surface area contributed by atoms with Crippen LogP contribution in [0.25, 0.3) is 28.3 Å². The molecule has 0 saturated carbocycles. The second-order valence-electron chi connectivity index (χ2n) is 11.6. The second-order valence-corrected chi connectivity index (χ2v) is 11.6. The largest absolute Gasteiger partial charge is 0.0622 e. The molecule has 0 N–H and O–H groups in total. The van der Waals surface area contributed by atoms with Crippen molar-refractivity contribution in [3.63, 3.8) is 0 Å². The van der Waals surface area contributed by atoms with Crippen LogP contribution in [0.15, 0.2) is 66.2 Å². The molecular weight excluding hydrogens is 384 g/mol. The van der Waals surface area contributed by atoms with Crippen molar-refractivity contribution in [3.8, 4) is 22.3 Å². The molecule has 0 heterocycles. The van der Waals surface area contributed by atoms with Gasteiger partial charge < -0.3 is 0 Å². The normalized spacial score (nSPS) is 14.0. The number of allylic oxidation sites excluding steroid dienone is 1. The summed E-state index contributed by atoms with van der Waals surface area (Å²) in [6.07, 6.45) is 4.79. The van der Waals surface area contributed by atoms with E-state index >= 15 is 0 Å². The van der Waals surface area contributed by atoms with Gasteiger partial charge in [-0.15, -0.1) is 0 Å². The van der Waals surface area contributed by atoms with Crippen LogP contribution < -0.4 is 0 Å². The van der Waals surface area contributed by atoms with Crippen LogP contribution in [0.4, 0.5) is 0 Å². The third kappa shape index (κ3) is 4.33. The van der Waals surface area contributed by atoms with E-state index in [0.29, 0.717) is 5.92 Å². The Kier molecular flexibility index (Phi) is 5.70. The van der Waals surface area contributed by atoms with Crippen LogP contribution in [0, 0.1) is 12.3 Å². The number of hydrogen-bond donors (Lipinski definition) is 0. The fraction of sp³-hybridized carbons (Fsp3) is 0.344. The zero-order valence-corrected chi connectivity index (χ0v) is 21.0. The quantitative estimate of drug-likeness (QED) is 0.395. The van der Waals surface area contributed by atoms with E-state index in [0.717, 1.165) is 0 Å². The van der Waals surface area contributed by atoms with Gasteiger partial charge in [0.2, 0.25) is 0 Å². The predicted octanol–water partition coefficient (Wildman–Crippen LogP) is 9.22. The average Bonchev–Trinajstić information content (AvgIpc) is 3.17. The molecule has 1 aliphatic rings. The fourth-order valence-corrected chi connectivity index (χ4v) is 4.45. The summed E-state index contributed by atoms with van der Waals surface area (Å²) in [5.41, 5.74) is 12.3. The van der Waals surface area contributed by atoms with E-state index in [1.807, 2.05) is 0 Å². The van der Waals surface area contributed by atoms with Gasteiger partial charge in [-0.3, -0.25) is 0 Å². The van der Waals surface area contributed by atoms with Gasteiger partial charge in [0, 0.05) is 6.42 Å². The van der Waals surface area contributed by atoms with E-state index in [4.69, 9.17) is 0 Å². The Bertz CT molecular complexity index is 1130. The maximum Gasteiger partial charge on any atom is 0.0167 e. The smallest absolute Gasteiger partial charge is 0.0167 e. The van der Waals surface area contributed by atoms with Gasteiger partial charge in [-0.1, -0.05) is 128 Å². The minimum atomic E-state index is 0.0892. The molecule has 0 amide bonds. The predicted molar refractivity (Wildman–Crippen MR) is 141 cm³/mol. The zero-order valence-electron chi connectivity index (χ0n) is 21.0. The molecule has 0 nitrogen and oxygen atoms in total. The van der Waals surface area contributed by atoms with Crippen molar-refractivity contribution >= 4 is 6.08 Å². The molecule has 4 rings (SSSR count). The van der Waals surface area contributed by atoms with Crippen LogP contribution in [-0.4, -0.2) is 0 Å². The van der Waals surface area contributed by atoms with E-state index in [2.05, 4.69) is 129 Å². The van der Waals surface area contributed by atoms with Crippen molar-refractivity contribution in [2.24, 2.45) is 5.92 Å². The monoisotopic (exact) mass is 421 g/mol. The summed E-state index contributed by atoms with van der Waals surface area (Å²) in [7, 11) is 0. The van der Waals surface area contributed by atoms with E-state index in [1.165, 1.54) is 50.1 Å². The lowest BCUT2D eigenvalue weighted by molar-refractivity contribution is 0.569. The first-order valence-electron chi connectivity index (χ1n) is 11.9. The summed E-state index contributed by atoms with van der Waals surface area (Å²) in [5.74, 6) is 0.515. The summed E-state index contributed by atoms with van der Waals surface area (Å²) in [6.45, 7) is 18.5. The molecule has 0 saturated heterocycles. The Hall–Kier alpha value is -2.60. The Morgan fingerprint density at radius 1 is 0.656 bits per heavy atom. The Morgan fingerprint density at radius 2 is 1.25 bits per heavy atom. The molecular formula is C32H37. The van der Waals surface area contributed by atoms with Crippen LogP contribution in [0.5, 0.6) is 0 Å². The van der Waals surface area contributed by atoms with Crippen LogP contribution in [-0.2, 0) is 10.8 Å². The van der Waals surface area contributed by atoms with Crippen LogP contribution >= 0.6 is 0 Å². The summed E-state index contributed by atoms with van der Waals surface area (Å²) >= 11 is 0. The van der Waals surface area contributed by atoms with Crippen LogP contribution in [0.2, 0.25) is 0 Å². The number of hydrogen-bond acceptors (Lipinski definition) is 0. The van der Waals surface area contributed by atoms with Gasteiger partial charge in [-0.2, -0.15) is 0 Å². The molecule has 3 aromatic rings. The Labute approximate surface area is 195 Å². The molecule has 0 fully saturated rings. The lowest BCUT2D eigenvalue weighted by Gasteiger charge is -2.27. The molecule has 3 aromatic carbocycles. The van der Waals surface area contributed by atoms with Crippen molar-refractivity contribution in [2.45, 2.75) is 66.2 Å². The second kappa shape index (κ2) is 8.07. The van der Waals surface area contributed by atoms with E-state index in [9.17, 15) is 0 Å². The molecule has 0 spiro atoms. The number of rotatable bonds is 3. The standard InChI is InChI=1S/C32H37/c1-21(2)24-16-23-14-15-28(22-12-10-9-11-13-22)30(29(23)19-24)25-17-26(31(3,4)5)20-27(18-25)32(6,7)8/h9-21H,1-8H3. The maximum absolute atomic E-state index is 2.43. The van der Waals surface area contributed by atoms with Gasteiger partial charge in [-0.05, 0) is 61.3 Å². The van der Waals surface area contributed by atoms with Gasteiger partial charge in [0.1, 0.15) is 0 Å². The minimum Gasteiger partial charge on any atom is -0.0622 e. The number of fused-ring (bicyclic) bond motifs is 1. The topological polar surface area (TPSA) is 0 Å². The van der Waals surface area contributed by atoms with E-state index < -0.39 is 0 Å². The first-order valence-corrected chi connectivity index (χ1v) is 11.9. The van der Waals surface area contributed by atoms with Crippen LogP contribution in [0.3, 0.4) is 0 Å². The summed E-state index contributed by atoms with van der Waals surface area (Å²) in [5, 5.41) is 0. The highest BCUT2D eigenvalue weighted by atomic mass is 14.3. The molecule has 0 bridgehead atoms. The van der Waals surface area contributed by atoms with Crippen molar-refractivity contribution in [1.82, 2.24) is 0 Å². The highest BCUT2D eigenvalue weighted by Crippen LogP contribution is 2.44. The Morgan fingerprint density at radius 3 is 1.78 bits per heavy atom. The van der Waals surface area contributed by atoms with Gasteiger partial charge in [0.05, 0.1) is 0 Å². The van der Waals surface area contributed by atoms with Gasteiger partial charge in [0.25, 0.3) is 0 Å². The van der Waals surface area contributed by atoms with Gasteiger partial charge in [-0.25, -0.2) is 0 Å². The van der Waals surface area contributed by atoms with Crippen LogP contribution in [0.1, 0.15) is 77.6 Å². The number of benzene rings is 3. The summed E-state index contributed by atoms with van der Waals surface area (Å²) in [4.78, 5) is 0. The Balaban J connectivity index is 2.06. The molecule has 0 aliphatic heterocycles. The van der Waals surface area contributed by atoms with E-state index in [1.54, 1.807) is 0 Å². The third-order valence-electron chi connectivity index (χ3n) is 6.62. The molecule has 0 atom stereocenters. The highest BCUT2D eigenvalue weighted by molar-refractivity contribution is 5.94. The van der Waals surface area contributed by atoms with Gasteiger partial charge >= 0.3 is 0 Å². The summed E-state index contributed by atoms with van der Waals surface area (Å²) in [6, 6.07) is 22.7. The van der Waals surface area contributed by atoms with E-state index in [-0.39, 0.29) is 10.8 Å². The summed E-state index contributed by atoms with van der Waals surface area (Å²) < 4.78 is 0. The first-order chi connectivity index (χ1) is 14.9. The zero-order chi connectivity index (χ0) is 23.3. The molecule has 0 unspecified atom stereocenters. The molecule has 165 valence electrons. The molecule has 1 radical (unpaired) electrons. The minimum absolute atomic E-state index is 0.0892. The maximum atomic E-state index is 2.43. The van der Waals surface area contributed by atoms with Gasteiger partial charge in [0.15, 0.2) is 0 Å². The van der Waals surface area contributed by atoms with Crippen molar-refractivity contribution in [3.05, 3.63) is 94.9 Å². The molecule has 32 heavy (non-hydrogen) atoms. The lowest BCUT2D eigenvalue weighted by atomic mass is 9.77. The first kappa shape index (κ1) is 22.6.